The third-order valence-electron chi connectivity index (χ3n) is 6.33. The summed E-state index contributed by atoms with van der Waals surface area (Å²) in [5.41, 5.74) is 6.83. The van der Waals surface area contributed by atoms with Crippen LogP contribution in [0.3, 0.4) is 0 Å². The zero-order valence-corrected chi connectivity index (χ0v) is 18.8. The minimum atomic E-state index is -1.04. The van der Waals surface area contributed by atoms with Crippen molar-refractivity contribution in [3.05, 3.63) is 35.9 Å². The van der Waals surface area contributed by atoms with E-state index in [0.717, 1.165) is 37.7 Å². The first-order valence-corrected chi connectivity index (χ1v) is 11.7. The van der Waals surface area contributed by atoms with Gasteiger partial charge in [-0.2, -0.15) is 0 Å². The normalized spacial score (nSPS) is 23.9. The van der Waals surface area contributed by atoms with Crippen molar-refractivity contribution in [1.82, 2.24) is 10.2 Å². The molecule has 2 aliphatic rings. The van der Waals surface area contributed by atoms with Gasteiger partial charge in [0.05, 0.1) is 6.61 Å². The summed E-state index contributed by atoms with van der Waals surface area (Å²) in [5.74, 6) is -0.0641. The molecule has 1 saturated heterocycles. The van der Waals surface area contributed by atoms with E-state index in [4.69, 9.17) is 15.2 Å². The number of rotatable bonds is 8. The Morgan fingerprint density at radius 3 is 2.53 bits per heavy atom. The number of benzene rings is 1. The number of likely N-dealkylation sites (tertiary alicyclic amines) is 1. The lowest BCUT2D eigenvalue weighted by Crippen LogP contribution is -2.51. The van der Waals surface area contributed by atoms with E-state index in [1.807, 2.05) is 30.3 Å². The minimum absolute atomic E-state index is 0.139. The quantitative estimate of drug-likeness (QED) is 0.595. The van der Waals surface area contributed by atoms with Crippen LogP contribution in [0, 0.1) is 5.92 Å². The average molecular weight is 446 g/mol. The third-order valence-corrected chi connectivity index (χ3v) is 6.33. The zero-order valence-electron chi connectivity index (χ0n) is 18.8. The van der Waals surface area contributed by atoms with E-state index in [-0.39, 0.29) is 30.9 Å². The number of nitrogens with zero attached hydrogens (tertiary/aromatic N) is 1. The molecule has 1 aromatic rings. The fraction of sp³-hybridized carbons (Fsp3) is 0.625. The summed E-state index contributed by atoms with van der Waals surface area (Å²) in [4.78, 5) is 39.8. The van der Waals surface area contributed by atoms with Crippen molar-refractivity contribution in [3.8, 4) is 0 Å². The first kappa shape index (κ1) is 24.0. The van der Waals surface area contributed by atoms with Gasteiger partial charge in [0.25, 0.3) is 5.91 Å². The number of ether oxygens (including phenoxy) is 2. The molecule has 1 aromatic carbocycles. The standard InChI is InChI=1S/C24H35N3O5/c1-2-31-24(30)32-21(15-17-7-4-3-5-8-17)23(29)27-14-6-9-20(27)22(28)26-16-18-10-12-19(25)13-11-18/h3-5,7-8,18-21H,2,6,9-16,25H2,1H3,(H,26,28)/t18-,19-,20-,21+/m0/s1. The van der Waals surface area contributed by atoms with Crippen molar-refractivity contribution >= 4 is 18.0 Å². The van der Waals surface area contributed by atoms with Gasteiger partial charge in [-0.1, -0.05) is 30.3 Å². The molecule has 3 rings (SSSR count). The van der Waals surface area contributed by atoms with E-state index < -0.39 is 18.3 Å². The largest absolute Gasteiger partial charge is 0.509 e. The number of carbonyl (C=O) groups is 3. The monoisotopic (exact) mass is 445 g/mol. The number of amides is 2. The van der Waals surface area contributed by atoms with Crippen LogP contribution in [0.4, 0.5) is 4.79 Å². The highest BCUT2D eigenvalue weighted by atomic mass is 16.7. The maximum Gasteiger partial charge on any atom is 0.509 e. The van der Waals surface area contributed by atoms with Crippen LogP contribution in [0.2, 0.25) is 0 Å². The fourth-order valence-corrected chi connectivity index (χ4v) is 4.52. The minimum Gasteiger partial charge on any atom is -0.435 e. The van der Waals surface area contributed by atoms with Gasteiger partial charge in [-0.25, -0.2) is 4.79 Å². The molecular weight excluding hydrogens is 410 g/mol. The predicted octanol–water partition coefficient (Wildman–Crippen LogP) is 2.40. The van der Waals surface area contributed by atoms with Crippen LogP contribution >= 0.6 is 0 Å². The lowest BCUT2D eigenvalue weighted by Gasteiger charge is -2.29. The molecule has 0 spiro atoms. The Hall–Kier alpha value is -2.61. The van der Waals surface area contributed by atoms with Crippen molar-refractivity contribution < 1.29 is 23.9 Å². The third kappa shape index (κ3) is 6.69. The Morgan fingerprint density at radius 2 is 1.84 bits per heavy atom. The second kappa shape index (κ2) is 11.9. The topological polar surface area (TPSA) is 111 Å². The van der Waals surface area contributed by atoms with Gasteiger partial charge < -0.3 is 25.4 Å². The molecule has 2 fully saturated rings. The molecule has 8 nitrogen and oxygen atoms in total. The van der Waals surface area contributed by atoms with Gasteiger partial charge in [-0.3, -0.25) is 9.59 Å². The van der Waals surface area contributed by atoms with Crippen molar-refractivity contribution in [2.24, 2.45) is 11.7 Å². The van der Waals surface area contributed by atoms with Crippen molar-refractivity contribution in [3.63, 3.8) is 0 Å². The molecule has 1 aliphatic heterocycles. The van der Waals surface area contributed by atoms with E-state index >= 15 is 0 Å². The molecule has 2 amide bonds. The van der Waals surface area contributed by atoms with Gasteiger partial charge >= 0.3 is 6.16 Å². The molecule has 0 bridgehead atoms. The van der Waals surface area contributed by atoms with Gasteiger partial charge in [-0.05, 0) is 56.9 Å². The second-order valence-corrected chi connectivity index (χ2v) is 8.69. The molecule has 8 heteroatoms. The predicted molar refractivity (Wildman–Crippen MR) is 120 cm³/mol. The van der Waals surface area contributed by atoms with Gasteiger partial charge in [0.1, 0.15) is 6.04 Å². The molecule has 1 heterocycles. The molecule has 2 atom stereocenters. The fourth-order valence-electron chi connectivity index (χ4n) is 4.52. The summed E-state index contributed by atoms with van der Waals surface area (Å²) < 4.78 is 10.3. The lowest BCUT2D eigenvalue weighted by atomic mass is 9.86. The molecule has 0 unspecified atom stereocenters. The molecule has 0 aromatic heterocycles. The summed E-state index contributed by atoms with van der Waals surface area (Å²) in [7, 11) is 0. The maximum absolute atomic E-state index is 13.3. The van der Waals surface area contributed by atoms with Gasteiger partial charge in [0, 0.05) is 25.6 Å². The number of nitrogens with two attached hydrogens (primary N) is 1. The van der Waals surface area contributed by atoms with Crippen LogP contribution in [0.25, 0.3) is 0 Å². The van der Waals surface area contributed by atoms with E-state index in [2.05, 4.69) is 5.32 Å². The highest BCUT2D eigenvalue weighted by Crippen LogP contribution is 2.24. The lowest BCUT2D eigenvalue weighted by molar-refractivity contribution is -0.146. The SMILES string of the molecule is CCOC(=O)O[C@H](Cc1ccccc1)C(=O)N1CCC[C@H]1C(=O)NC[C@H]1CC[C@H](N)CC1. The van der Waals surface area contributed by atoms with E-state index in [9.17, 15) is 14.4 Å². The van der Waals surface area contributed by atoms with Gasteiger partial charge in [-0.15, -0.1) is 0 Å². The number of nitrogens with one attached hydrogen (secondary N) is 1. The Bertz CT molecular complexity index is 764. The zero-order chi connectivity index (χ0) is 22.9. The maximum atomic E-state index is 13.3. The summed E-state index contributed by atoms with van der Waals surface area (Å²) in [6.45, 7) is 2.91. The van der Waals surface area contributed by atoms with Crippen LogP contribution in [0.5, 0.6) is 0 Å². The summed E-state index contributed by atoms with van der Waals surface area (Å²) in [5, 5.41) is 3.04. The number of hydrogen-bond donors (Lipinski definition) is 2. The number of carbonyl (C=O) groups excluding carboxylic acids is 3. The van der Waals surface area contributed by atoms with Crippen molar-refractivity contribution in [2.75, 3.05) is 19.7 Å². The average Bonchev–Trinajstić information content (AvgIpc) is 3.28. The first-order valence-electron chi connectivity index (χ1n) is 11.7. The molecule has 32 heavy (non-hydrogen) atoms. The second-order valence-electron chi connectivity index (χ2n) is 8.69. The van der Waals surface area contributed by atoms with Gasteiger partial charge in [0.2, 0.25) is 5.91 Å². The van der Waals surface area contributed by atoms with Crippen molar-refractivity contribution in [2.45, 2.75) is 70.1 Å². The molecule has 1 saturated carbocycles. The van der Waals surface area contributed by atoms with Crippen LogP contribution in [0.15, 0.2) is 30.3 Å². The smallest absolute Gasteiger partial charge is 0.435 e. The van der Waals surface area contributed by atoms with E-state index in [0.29, 0.717) is 25.4 Å². The number of hydrogen-bond acceptors (Lipinski definition) is 6. The van der Waals surface area contributed by atoms with Crippen LogP contribution in [-0.2, 0) is 25.5 Å². The van der Waals surface area contributed by atoms with Crippen LogP contribution in [0.1, 0.15) is 51.0 Å². The summed E-state index contributed by atoms with van der Waals surface area (Å²) in [6.07, 6.45) is 3.66. The summed E-state index contributed by atoms with van der Waals surface area (Å²) in [6, 6.07) is 9.09. The Balaban J connectivity index is 1.62. The summed E-state index contributed by atoms with van der Waals surface area (Å²) >= 11 is 0. The highest BCUT2D eigenvalue weighted by Gasteiger charge is 2.39. The van der Waals surface area contributed by atoms with Gasteiger partial charge in [0.15, 0.2) is 6.10 Å². The molecule has 1 aliphatic carbocycles. The van der Waals surface area contributed by atoms with Crippen LogP contribution in [-0.4, -0.2) is 60.8 Å². The van der Waals surface area contributed by atoms with E-state index in [1.165, 1.54) is 0 Å². The molecule has 3 N–H and O–H groups in total. The van der Waals surface area contributed by atoms with Crippen molar-refractivity contribution in [1.29, 1.82) is 0 Å². The molecular formula is C24H35N3O5. The molecule has 0 radical (unpaired) electrons. The van der Waals surface area contributed by atoms with Crippen LogP contribution < -0.4 is 11.1 Å². The van der Waals surface area contributed by atoms with E-state index in [1.54, 1.807) is 11.8 Å². The Kier molecular flexibility index (Phi) is 8.90. The Labute approximate surface area is 189 Å². The Morgan fingerprint density at radius 1 is 1.12 bits per heavy atom. The highest BCUT2D eigenvalue weighted by molar-refractivity contribution is 5.90. The molecule has 176 valence electrons. The first-order chi connectivity index (χ1) is 15.5.